The van der Waals surface area contributed by atoms with E-state index in [4.69, 9.17) is 21.4 Å². The molecule has 0 spiro atoms. The van der Waals surface area contributed by atoms with Crippen LogP contribution in [0.1, 0.15) is 107 Å². The fourth-order valence-corrected chi connectivity index (χ4v) is 5.82. The van der Waals surface area contributed by atoms with Gasteiger partial charge in [0.15, 0.2) is 46.3 Å². The van der Waals surface area contributed by atoms with E-state index >= 15 is 0 Å². The Morgan fingerprint density at radius 1 is 0.609 bits per heavy atom. The number of amides is 4. The summed E-state index contributed by atoms with van der Waals surface area (Å²) in [6.07, 6.45) is 6.31. The normalized spacial score (nSPS) is 11.1. The van der Waals surface area contributed by atoms with Crippen LogP contribution in [-0.2, 0) is 19.2 Å². The molecular formula is C47H57ClF4N4O8. The van der Waals surface area contributed by atoms with Gasteiger partial charge in [0, 0.05) is 36.3 Å². The standard InChI is InChI=1S/C23H26F2N2O4.C17H23ClN2O3.C6H4F2O.CH4/c1-3-4-5-12-20(21(29)14-31-22-18(24)10-7-11-19(22)25)27-23(30)16-8-6-9-17(13-16)26-15(2)28;1-3-4-5-9-15(16(22)11-18)20-17(23)13-7-6-8-14(10-13)19-12(2)21;7-4-2-1-3-5(8)6(4)9;/h6-11,13,20H,3-5,12,14H2,1-2H3,(H,26,28)(H,27,30);6-8,10,15H,3-5,9,11H2,1-2H3,(H,19,21)(H,20,23);1-3,9H;1H4/t20-;15-;;/m00../s1. The zero-order valence-electron chi connectivity index (χ0n) is 35.5. The Morgan fingerprint density at radius 3 is 1.38 bits per heavy atom. The summed E-state index contributed by atoms with van der Waals surface area (Å²) in [6, 6.07) is 17.8. The van der Waals surface area contributed by atoms with Crippen LogP contribution in [0.2, 0.25) is 0 Å². The number of carbonyl (C=O) groups is 6. The number of hydrogen-bond donors (Lipinski definition) is 5. The van der Waals surface area contributed by atoms with E-state index in [0.29, 0.717) is 36.2 Å². The number of ketones is 2. The van der Waals surface area contributed by atoms with E-state index in [2.05, 4.69) is 28.2 Å². The van der Waals surface area contributed by atoms with Crippen molar-refractivity contribution in [1.82, 2.24) is 10.6 Å². The summed E-state index contributed by atoms with van der Waals surface area (Å²) in [5.41, 5.74) is 1.64. The number of hydrogen-bond acceptors (Lipinski definition) is 8. The lowest BCUT2D eigenvalue weighted by Crippen LogP contribution is -2.43. The molecule has 4 aromatic carbocycles. The van der Waals surface area contributed by atoms with E-state index in [1.807, 2.05) is 6.92 Å². The Balaban J connectivity index is 0.000000542. The molecule has 348 valence electrons. The van der Waals surface area contributed by atoms with Crippen molar-refractivity contribution in [3.63, 3.8) is 0 Å². The molecule has 0 radical (unpaired) electrons. The zero-order valence-corrected chi connectivity index (χ0v) is 36.3. The fourth-order valence-electron chi connectivity index (χ4n) is 5.64. The van der Waals surface area contributed by atoms with Gasteiger partial charge < -0.3 is 31.1 Å². The lowest BCUT2D eigenvalue weighted by Gasteiger charge is -2.18. The predicted octanol–water partition coefficient (Wildman–Crippen LogP) is 9.69. The Morgan fingerprint density at radius 2 is 1.00 bits per heavy atom. The first kappa shape index (κ1) is 55.7. The molecule has 4 amide bonds. The number of unbranched alkanes of at least 4 members (excludes halogenated alkanes) is 4. The Hall–Kier alpha value is -6.29. The van der Waals surface area contributed by atoms with Crippen molar-refractivity contribution in [3.8, 4) is 11.5 Å². The molecule has 0 heterocycles. The van der Waals surface area contributed by atoms with E-state index in [1.165, 1.54) is 32.0 Å². The summed E-state index contributed by atoms with van der Waals surface area (Å²) in [6.45, 7) is 6.25. The molecule has 0 aliphatic rings. The van der Waals surface area contributed by atoms with E-state index in [1.54, 1.807) is 42.5 Å². The molecule has 4 rings (SSSR count). The number of halogens is 5. The number of nitrogens with one attached hydrogen (secondary N) is 4. The largest absolute Gasteiger partial charge is 0.503 e. The van der Waals surface area contributed by atoms with E-state index < -0.39 is 65.1 Å². The van der Waals surface area contributed by atoms with E-state index in [9.17, 15) is 46.3 Å². The molecule has 17 heteroatoms. The summed E-state index contributed by atoms with van der Waals surface area (Å²) in [5.74, 6) is -7.37. The molecule has 0 aliphatic heterocycles. The molecule has 0 saturated carbocycles. The van der Waals surface area contributed by atoms with Crippen LogP contribution >= 0.6 is 11.6 Å². The predicted molar refractivity (Wildman–Crippen MR) is 240 cm³/mol. The smallest absolute Gasteiger partial charge is 0.251 e. The minimum Gasteiger partial charge on any atom is -0.503 e. The van der Waals surface area contributed by atoms with E-state index in [-0.39, 0.29) is 42.4 Å². The molecule has 2 atom stereocenters. The topological polar surface area (TPSA) is 180 Å². The lowest BCUT2D eigenvalue weighted by molar-refractivity contribution is -0.123. The van der Waals surface area contributed by atoms with Gasteiger partial charge in [-0.05, 0) is 73.5 Å². The summed E-state index contributed by atoms with van der Waals surface area (Å²) >= 11 is 5.62. The highest BCUT2D eigenvalue weighted by atomic mass is 35.5. The number of ether oxygens (including phenoxy) is 1. The highest BCUT2D eigenvalue weighted by molar-refractivity contribution is 6.28. The molecular weight excluding hydrogens is 860 g/mol. The highest BCUT2D eigenvalue weighted by Gasteiger charge is 2.24. The average Bonchev–Trinajstić information content (AvgIpc) is 3.24. The number of para-hydroxylation sites is 2. The number of aromatic hydroxyl groups is 1. The minimum absolute atomic E-state index is 0. The van der Waals surface area contributed by atoms with Crippen molar-refractivity contribution in [3.05, 3.63) is 119 Å². The van der Waals surface area contributed by atoms with Crippen LogP contribution in [0.15, 0.2) is 84.9 Å². The maximum absolute atomic E-state index is 13.7. The monoisotopic (exact) mass is 916 g/mol. The summed E-state index contributed by atoms with van der Waals surface area (Å²) in [4.78, 5) is 71.9. The quantitative estimate of drug-likeness (QED) is 0.0330. The van der Waals surface area contributed by atoms with Gasteiger partial charge in [-0.25, -0.2) is 17.6 Å². The van der Waals surface area contributed by atoms with Crippen molar-refractivity contribution < 1.29 is 56.2 Å². The van der Waals surface area contributed by atoms with Crippen molar-refractivity contribution in [2.75, 3.05) is 23.1 Å². The van der Waals surface area contributed by atoms with Crippen LogP contribution in [0.3, 0.4) is 0 Å². The average molecular weight is 917 g/mol. The van der Waals surface area contributed by atoms with Crippen molar-refractivity contribution >= 4 is 58.2 Å². The first-order chi connectivity index (χ1) is 30.0. The molecule has 0 aliphatic carbocycles. The Bertz CT molecular complexity index is 2120. The molecule has 0 bridgehead atoms. The van der Waals surface area contributed by atoms with Crippen molar-refractivity contribution in [2.45, 2.75) is 98.6 Å². The van der Waals surface area contributed by atoms with E-state index in [0.717, 1.165) is 56.4 Å². The van der Waals surface area contributed by atoms with Gasteiger partial charge in [-0.2, -0.15) is 0 Å². The van der Waals surface area contributed by atoms with Gasteiger partial charge in [0.2, 0.25) is 11.8 Å². The summed E-state index contributed by atoms with van der Waals surface area (Å²) in [5, 5.41) is 19.1. The number of benzene rings is 4. The molecule has 5 N–H and O–H groups in total. The van der Waals surface area contributed by atoms with Crippen LogP contribution < -0.4 is 26.0 Å². The fraction of sp³-hybridized carbons (Fsp3) is 0.362. The van der Waals surface area contributed by atoms with Crippen molar-refractivity contribution in [2.24, 2.45) is 0 Å². The molecule has 4 aromatic rings. The van der Waals surface area contributed by atoms with Gasteiger partial charge in [-0.3, -0.25) is 28.8 Å². The number of phenolic OH excluding ortho intramolecular Hbond substituents is 1. The number of phenols is 1. The molecule has 0 fully saturated rings. The molecule has 64 heavy (non-hydrogen) atoms. The van der Waals surface area contributed by atoms with Crippen LogP contribution in [-0.4, -0.2) is 64.9 Å². The maximum atomic E-state index is 13.7. The van der Waals surface area contributed by atoms with Crippen LogP contribution in [0.5, 0.6) is 11.5 Å². The summed E-state index contributed by atoms with van der Waals surface area (Å²) in [7, 11) is 0. The number of alkyl halides is 1. The molecule has 0 saturated heterocycles. The Kier molecular flexibility index (Phi) is 26.0. The summed E-state index contributed by atoms with van der Waals surface area (Å²) < 4.78 is 56.7. The van der Waals surface area contributed by atoms with Gasteiger partial charge in [0.1, 0.15) is 6.61 Å². The van der Waals surface area contributed by atoms with Crippen LogP contribution in [0, 0.1) is 23.3 Å². The van der Waals surface area contributed by atoms with Gasteiger partial charge >= 0.3 is 0 Å². The second kappa shape index (κ2) is 29.9. The first-order valence-electron chi connectivity index (χ1n) is 20.2. The third kappa shape index (κ3) is 20.3. The number of rotatable bonds is 20. The van der Waals surface area contributed by atoms with Gasteiger partial charge in [-0.1, -0.05) is 84.1 Å². The SMILES string of the molecule is C.CCCCC[C@H](NC(=O)c1cccc(NC(C)=O)c1)C(=O)CCl.CCCCC[C@H](NC(=O)c1cccc(NC(C)=O)c1)C(=O)COc1c(F)cccc1F.Oc1c(F)cccc1F. The number of anilines is 2. The third-order valence-corrected chi connectivity index (χ3v) is 9.08. The zero-order chi connectivity index (χ0) is 46.9. The second-order valence-corrected chi connectivity index (χ2v) is 14.3. The maximum Gasteiger partial charge on any atom is 0.251 e. The van der Waals surface area contributed by atoms with Gasteiger partial charge in [0.25, 0.3) is 11.8 Å². The number of carbonyl (C=O) groups excluding carboxylic acids is 6. The van der Waals surface area contributed by atoms with Crippen LogP contribution in [0.25, 0.3) is 0 Å². The molecule has 0 unspecified atom stereocenters. The first-order valence-corrected chi connectivity index (χ1v) is 20.7. The third-order valence-electron chi connectivity index (χ3n) is 8.82. The molecule has 12 nitrogen and oxygen atoms in total. The minimum atomic E-state index is -0.935. The highest BCUT2D eigenvalue weighted by Crippen LogP contribution is 2.22. The van der Waals surface area contributed by atoms with Crippen molar-refractivity contribution in [1.29, 1.82) is 0 Å². The number of Topliss-reactive ketones (excluding diaryl/α,β-unsaturated/α-hetero) is 2. The van der Waals surface area contributed by atoms with Gasteiger partial charge in [0.05, 0.1) is 18.0 Å². The van der Waals surface area contributed by atoms with Gasteiger partial charge in [-0.15, -0.1) is 11.6 Å². The van der Waals surface area contributed by atoms with Crippen LogP contribution in [0.4, 0.5) is 28.9 Å². The second-order valence-electron chi connectivity index (χ2n) is 14.0. The lowest BCUT2D eigenvalue weighted by atomic mass is 10.0. The molecule has 0 aromatic heterocycles. The Labute approximate surface area is 376 Å².